The minimum Gasteiger partial charge on any atom is -0.399 e. The monoisotopic (exact) mass is 208 g/mol. The van der Waals surface area contributed by atoms with Crippen molar-refractivity contribution in [1.29, 1.82) is 0 Å². The lowest BCUT2D eigenvalue weighted by molar-refractivity contribution is 0.775. The van der Waals surface area contributed by atoms with Gasteiger partial charge in [-0.25, -0.2) is 4.68 Å². The van der Waals surface area contributed by atoms with Crippen LogP contribution in [0, 0.1) is 0 Å². The Morgan fingerprint density at radius 3 is 2.43 bits per heavy atom. The Hall–Kier alpha value is -1.55. The summed E-state index contributed by atoms with van der Waals surface area (Å²) in [6, 6.07) is 7.40. The van der Waals surface area contributed by atoms with Gasteiger partial charge in [0, 0.05) is 18.3 Å². The van der Waals surface area contributed by atoms with Crippen LogP contribution in [0.25, 0.3) is 11.4 Å². The second kappa shape index (κ2) is 3.31. The molecule has 0 amide bonds. The lowest BCUT2D eigenvalue weighted by Gasteiger charge is -1.99. The number of benzene rings is 1. The van der Waals surface area contributed by atoms with Crippen LogP contribution in [0.15, 0.2) is 24.3 Å². The summed E-state index contributed by atoms with van der Waals surface area (Å²) < 4.78 is 1.63. The van der Waals surface area contributed by atoms with E-state index in [0.29, 0.717) is 0 Å². The molecule has 0 aliphatic heterocycles. The van der Waals surface area contributed by atoms with Gasteiger partial charge in [0.05, 0.1) is 0 Å². The molecule has 0 atom stereocenters. The van der Waals surface area contributed by atoms with Crippen molar-refractivity contribution in [3.63, 3.8) is 0 Å². The number of hydrogen-bond acceptors (Lipinski definition) is 3. The summed E-state index contributed by atoms with van der Waals surface area (Å²) in [5.41, 5.74) is 7.25. The molecule has 0 unspecified atom stereocenters. The Balaban J connectivity index is 2.49. The van der Waals surface area contributed by atoms with Gasteiger partial charge in [-0.05, 0) is 35.9 Å². The van der Waals surface area contributed by atoms with Crippen LogP contribution in [-0.4, -0.2) is 14.8 Å². The number of nitrogens with zero attached hydrogens (tertiary/aromatic N) is 3. The molecule has 0 aliphatic rings. The van der Waals surface area contributed by atoms with Crippen LogP contribution in [-0.2, 0) is 7.05 Å². The molecule has 1 heterocycles. The van der Waals surface area contributed by atoms with E-state index in [-0.39, 0.29) is 5.28 Å². The smallest absolute Gasteiger partial charge is 0.242 e. The third-order valence-electron chi connectivity index (χ3n) is 1.91. The average molecular weight is 209 g/mol. The zero-order valence-corrected chi connectivity index (χ0v) is 8.36. The van der Waals surface area contributed by atoms with Gasteiger partial charge in [-0.1, -0.05) is 0 Å². The number of nitrogens with two attached hydrogens (primary N) is 1. The molecular weight excluding hydrogens is 200 g/mol. The first kappa shape index (κ1) is 9.02. The van der Waals surface area contributed by atoms with E-state index in [0.717, 1.165) is 17.1 Å². The zero-order valence-electron chi connectivity index (χ0n) is 7.61. The predicted molar refractivity (Wildman–Crippen MR) is 55.9 cm³/mol. The summed E-state index contributed by atoms with van der Waals surface area (Å²) in [4.78, 5) is 4.09. The topological polar surface area (TPSA) is 56.7 Å². The Morgan fingerprint density at radius 1 is 1.29 bits per heavy atom. The third kappa shape index (κ3) is 1.56. The van der Waals surface area contributed by atoms with Crippen molar-refractivity contribution in [1.82, 2.24) is 14.8 Å². The maximum Gasteiger partial charge on any atom is 0.242 e. The van der Waals surface area contributed by atoms with E-state index in [2.05, 4.69) is 10.1 Å². The number of nitrogen functional groups attached to an aromatic ring is 1. The number of aromatic nitrogens is 3. The number of hydrogen-bond donors (Lipinski definition) is 1. The summed E-state index contributed by atoms with van der Waals surface area (Å²) in [7, 11) is 1.80. The standard InChI is InChI=1S/C9H9ClN4/c1-14-8(12-9(10)13-14)6-2-4-7(11)5-3-6/h2-5H,11H2,1H3. The molecule has 72 valence electrons. The zero-order chi connectivity index (χ0) is 10.1. The summed E-state index contributed by atoms with van der Waals surface area (Å²) in [5, 5.41) is 4.20. The maximum atomic E-state index is 5.68. The molecule has 5 heteroatoms. The third-order valence-corrected chi connectivity index (χ3v) is 2.07. The first-order valence-electron chi connectivity index (χ1n) is 4.09. The fourth-order valence-electron chi connectivity index (χ4n) is 1.24. The lowest BCUT2D eigenvalue weighted by atomic mass is 10.2. The molecule has 0 spiro atoms. The summed E-state index contributed by atoms with van der Waals surface area (Å²) in [6.07, 6.45) is 0. The average Bonchev–Trinajstić information content (AvgIpc) is 2.47. The van der Waals surface area contributed by atoms with Crippen molar-refractivity contribution in [3.8, 4) is 11.4 Å². The first-order valence-corrected chi connectivity index (χ1v) is 4.47. The molecule has 2 rings (SSSR count). The fourth-order valence-corrected chi connectivity index (χ4v) is 1.43. The molecule has 0 radical (unpaired) electrons. The van der Waals surface area contributed by atoms with Gasteiger partial charge in [0.1, 0.15) is 0 Å². The first-order chi connectivity index (χ1) is 6.66. The molecule has 2 N–H and O–H groups in total. The van der Waals surface area contributed by atoms with Crippen LogP contribution in [0.2, 0.25) is 5.28 Å². The van der Waals surface area contributed by atoms with Crippen molar-refractivity contribution < 1.29 is 0 Å². The quantitative estimate of drug-likeness (QED) is 0.726. The molecule has 2 aromatic rings. The Bertz CT molecular complexity index is 446. The molecule has 1 aromatic carbocycles. The summed E-state index contributed by atoms with van der Waals surface area (Å²) in [5.74, 6) is 0.731. The Morgan fingerprint density at radius 2 is 1.93 bits per heavy atom. The highest BCUT2D eigenvalue weighted by Gasteiger charge is 2.06. The van der Waals surface area contributed by atoms with Gasteiger partial charge in [0.2, 0.25) is 5.28 Å². The van der Waals surface area contributed by atoms with Crippen LogP contribution < -0.4 is 5.73 Å². The summed E-state index contributed by atoms with van der Waals surface area (Å²) >= 11 is 5.68. The second-order valence-corrected chi connectivity index (χ2v) is 3.29. The molecule has 0 fully saturated rings. The molecule has 0 bridgehead atoms. The lowest BCUT2D eigenvalue weighted by Crippen LogP contribution is -1.94. The molecule has 0 saturated carbocycles. The van der Waals surface area contributed by atoms with Gasteiger partial charge in [-0.15, -0.1) is 5.10 Å². The minimum absolute atomic E-state index is 0.249. The van der Waals surface area contributed by atoms with E-state index < -0.39 is 0 Å². The highest BCUT2D eigenvalue weighted by Crippen LogP contribution is 2.19. The SMILES string of the molecule is Cn1nc(Cl)nc1-c1ccc(N)cc1. The van der Waals surface area contributed by atoms with Crippen LogP contribution in [0.4, 0.5) is 5.69 Å². The molecule has 14 heavy (non-hydrogen) atoms. The van der Waals surface area contributed by atoms with Gasteiger partial charge < -0.3 is 5.73 Å². The number of halogens is 1. The van der Waals surface area contributed by atoms with Crippen molar-refractivity contribution in [2.24, 2.45) is 7.05 Å². The molecule has 1 aromatic heterocycles. The van der Waals surface area contributed by atoms with Crippen LogP contribution in [0.3, 0.4) is 0 Å². The molecular formula is C9H9ClN4. The summed E-state index contributed by atoms with van der Waals surface area (Å²) in [6.45, 7) is 0. The largest absolute Gasteiger partial charge is 0.399 e. The number of aryl methyl sites for hydroxylation is 1. The van der Waals surface area contributed by atoms with E-state index in [9.17, 15) is 0 Å². The van der Waals surface area contributed by atoms with Crippen molar-refractivity contribution in [2.75, 3.05) is 5.73 Å². The normalized spacial score (nSPS) is 10.4. The van der Waals surface area contributed by atoms with Gasteiger partial charge >= 0.3 is 0 Å². The van der Waals surface area contributed by atoms with E-state index in [1.54, 1.807) is 11.7 Å². The van der Waals surface area contributed by atoms with Crippen molar-refractivity contribution >= 4 is 17.3 Å². The fraction of sp³-hybridized carbons (Fsp3) is 0.111. The Labute approximate surface area is 86.3 Å². The van der Waals surface area contributed by atoms with Gasteiger partial charge in [-0.3, -0.25) is 0 Å². The highest BCUT2D eigenvalue weighted by molar-refractivity contribution is 6.28. The van der Waals surface area contributed by atoms with Gasteiger partial charge in [0.15, 0.2) is 5.82 Å². The maximum absolute atomic E-state index is 5.68. The second-order valence-electron chi connectivity index (χ2n) is 2.95. The van der Waals surface area contributed by atoms with E-state index in [1.165, 1.54) is 0 Å². The predicted octanol–water partition coefficient (Wildman–Crippen LogP) is 1.72. The number of anilines is 1. The van der Waals surface area contributed by atoms with E-state index in [1.807, 2.05) is 24.3 Å². The molecule has 4 nitrogen and oxygen atoms in total. The molecule has 0 saturated heterocycles. The molecule has 0 aliphatic carbocycles. The number of rotatable bonds is 1. The van der Waals surface area contributed by atoms with Crippen LogP contribution >= 0.6 is 11.6 Å². The van der Waals surface area contributed by atoms with Gasteiger partial charge in [0.25, 0.3) is 0 Å². The highest BCUT2D eigenvalue weighted by atomic mass is 35.5. The minimum atomic E-state index is 0.249. The van der Waals surface area contributed by atoms with Crippen LogP contribution in [0.1, 0.15) is 0 Å². The Kier molecular flexibility index (Phi) is 2.13. The van der Waals surface area contributed by atoms with Gasteiger partial charge in [-0.2, -0.15) is 4.98 Å². The van der Waals surface area contributed by atoms with E-state index in [4.69, 9.17) is 17.3 Å². The van der Waals surface area contributed by atoms with Crippen molar-refractivity contribution in [3.05, 3.63) is 29.5 Å². The van der Waals surface area contributed by atoms with Crippen LogP contribution in [0.5, 0.6) is 0 Å². The van der Waals surface area contributed by atoms with Crippen molar-refractivity contribution in [2.45, 2.75) is 0 Å². The van der Waals surface area contributed by atoms with E-state index >= 15 is 0 Å².